The Kier molecular flexibility index (Phi) is 6.46. The van der Waals surface area contributed by atoms with Crippen molar-refractivity contribution in [3.63, 3.8) is 0 Å². The molecule has 0 aromatic carbocycles. The van der Waals surface area contributed by atoms with E-state index >= 15 is 0 Å². The van der Waals surface area contributed by atoms with Crippen LogP contribution in [-0.4, -0.2) is 60.0 Å². The highest BCUT2D eigenvalue weighted by atomic mass is 32.2. The van der Waals surface area contributed by atoms with Crippen LogP contribution in [0.4, 0.5) is 0 Å². The van der Waals surface area contributed by atoms with Crippen molar-refractivity contribution < 1.29 is 13.2 Å². The minimum absolute atomic E-state index is 0.312. The summed E-state index contributed by atoms with van der Waals surface area (Å²) in [6, 6.07) is 0.496. The summed E-state index contributed by atoms with van der Waals surface area (Å²) in [6.07, 6.45) is 6.38. The fourth-order valence-corrected chi connectivity index (χ4v) is 3.88. The van der Waals surface area contributed by atoms with Crippen molar-refractivity contribution in [1.29, 1.82) is 0 Å². The van der Waals surface area contributed by atoms with Gasteiger partial charge in [-0.1, -0.05) is 6.42 Å². The highest BCUT2D eigenvalue weighted by Gasteiger charge is 2.39. The van der Waals surface area contributed by atoms with Crippen LogP contribution in [0.5, 0.6) is 0 Å². The van der Waals surface area contributed by atoms with Gasteiger partial charge in [0.1, 0.15) is 0 Å². The summed E-state index contributed by atoms with van der Waals surface area (Å²) in [5.41, 5.74) is 0. The van der Waals surface area contributed by atoms with Crippen molar-refractivity contribution in [2.45, 2.75) is 31.7 Å². The molecule has 128 valence electrons. The van der Waals surface area contributed by atoms with Crippen LogP contribution in [0.3, 0.4) is 0 Å². The predicted molar refractivity (Wildman–Crippen MR) is 87.4 cm³/mol. The first-order valence-electron chi connectivity index (χ1n) is 7.96. The molecule has 0 aromatic heterocycles. The van der Waals surface area contributed by atoms with Gasteiger partial charge in [-0.05, 0) is 31.1 Å². The third kappa shape index (κ3) is 5.73. The standard InChI is InChI=1S/C14H28N4O3S/c1-21-8-7-16-14(15-5-6-17-22(2,19)20)18-13-10-11-3-4-12(13)9-11/h11-13,17H,3-10H2,1-2H3,(H2,15,16,18). The molecule has 8 heteroatoms. The van der Waals surface area contributed by atoms with E-state index in [1.54, 1.807) is 7.11 Å². The molecule has 0 amide bonds. The molecular weight excluding hydrogens is 304 g/mol. The lowest BCUT2D eigenvalue weighted by atomic mass is 9.95. The van der Waals surface area contributed by atoms with Crippen LogP contribution in [-0.2, 0) is 14.8 Å². The van der Waals surface area contributed by atoms with Gasteiger partial charge in [-0.15, -0.1) is 0 Å². The van der Waals surface area contributed by atoms with E-state index in [2.05, 4.69) is 20.3 Å². The highest BCUT2D eigenvalue weighted by molar-refractivity contribution is 7.88. The zero-order valence-corrected chi connectivity index (χ0v) is 14.3. The van der Waals surface area contributed by atoms with Crippen LogP contribution >= 0.6 is 0 Å². The number of sulfonamides is 1. The first-order chi connectivity index (χ1) is 10.5. The molecule has 0 aliphatic heterocycles. The highest BCUT2D eigenvalue weighted by Crippen LogP contribution is 2.44. The second-order valence-electron chi connectivity index (χ2n) is 6.24. The summed E-state index contributed by atoms with van der Waals surface area (Å²) in [6.45, 7) is 2.02. The summed E-state index contributed by atoms with van der Waals surface area (Å²) in [5.74, 6) is 2.38. The summed E-state index contributed by atoms with van der Waals surface area (Å²) in [7, 11) is -1.49. The molecule has 0 aromatic rings. The quantitative estimate of drug-likeness (QED) is 0.328. The topological polar surface area (TPSA) is 91.8 Å². The molecule has 22 heavy (non-hydrogen) atoms. The van der Waals surface area contributed by atoms with Gasteiger partial charge in [0.05, 0.1) is 19.4 Å². The zero-order chi connectivity index (χ0) is 16.0. The molecule has 2 aliphatic rings. The third-order valence-corrected chi connectivity index (χ3v) is 5.13. The lowest BCUT2D eigenvalue weighted by molar-refractivity contribution is 0.203. The first kappa shape index (κ1) is 17.5. The molecule has 0 radical (unpaired) electrons. The predicted octanol–water partition coefficient (Wildman–Crippen LogP) is -0.0942. The zero-order valence-electron chi connectivity index (χ0n) is 13.5. The van der Waals surface area contributed by atoms with Gasteiger partial charge in [0.2, 0.25) is 10.0 Å². The minimum Gasteiger partial charge on any atom is -0.383 e. The van der Waals surface area contributed by atoms with Crippen LogP contribution in [0.25, 0.3) is 0 Å². The van der Waals surface area contributed by atoms with E-state index in [0.717, 1.165) is 24.1 Å². The van der Waals surface area contributed by atoms with Gasteiger partial charge >= 0.3 is 0 Å². The van der Waals surface area contributed by atoms with E-state index in [4.69, 9.17) is 4.74 Å². The van der Waals surface area contributed by atoms with Gasteiger partial charge in [-0.2, -0.15) is 0 Å². The Morgan fingerprint density at radius 1 is 1.27 bits per heavy atom. The lowest BCUT2D eigenvalue weighted by Crippen LogP contribution is -2.46. The number of rotatable bonds is 8. The summed E-state index contributed by atoms with van der Waals surface area (Å²) < 4.78 is 29.6. The van der Waals surface area contributed by atoms with Gasteiger partial charge < -0.3 is 15.4 Å². The van der Waals surface area contributed by atoms with E-state index in [1.165, 1.54) is 25.7 Å². The van der Waals surface area contributed by atoms with Crippen molar-refractivity contribution >= 4 is 16.0 Å². The van der Waals surface area contributed by atoms with E-state index in [0.29, 0.717) is 32.3 Å². The van der Waals surface area contributed by atoms with Gasteiger partial charge in [-0.3, -0.25) is 4.99 Å². The maximum absolute atomic E-state index is 11.0. The number of methoxy groups -OCH3 is 1. The Balaban J connectivity index is 1.82. The molecule has 2 aliphatic carbocycles. The molecule has 0 heterocycles. The first-order valence-corrected chi connectivity index (χ1v) is 9.85. The second-order valence-corrected chi connectivity index (χ2v) is 8.08. The smallest absolute Gasteiger partial charge is 0.208 e. The van der Waals surface area contributed by atoms with Crippen LogP contribution in [0.15, 0.2) is 4.99 Å². The number of aliphatic imine (C=N–C) groups is 1. The Labute approximate surface area is 133 Å². The van der Waals surface area contributed by atoms with Crippen LogP contribution in [0, 0.1) is 11.8 Å². The second kappa shape index (κ2) is 8.12. The van der Waals surface area contributed by atoms with Gasteiger partial charge in [-0.25, -0.2) is 13.1 Å². The Morgan fingerprint density at radius 2 is 2.09 bits per heavy atom. The van der Waals surface area contributed by atoms with Gasteiger partial charge in [0.25, 0.3) is 0 Å². The number of nitrogens with zero attached hydrogens (tertiary/aromatic N) is 1. The van der Waals surface area contributed by atoms with Crippen molar-refractivity contribution in [3.8, 4) is 0 Å². The van der Waals surface area contributed by atoms with Crippen molar-refractivity contribution in [2.75, 3.05) is 39.6 Å². The molecule has 3 unspecified atom stereocenters. The molecule has 2 bridgehead atoms. The number of nitrogens with one attached hydrogen (secondary N) is 3. The van der Waals surface area contributed by atoms with E-state index < -0.39 is 10.0 Å². The van der Waals surface area contributed by atoms with Crippen molar-refractivity contribution in [3.05, 3.63) is 0 Å². The molecule has 2 rings (SSSR count). The minimum atomic E-state index is -3.15. The number of guanidine groups is 1. The maximum Gasteiger partial charge on any atom is 0.208 e. The fourth-order valence-electron chi connectivity index (χ4n) is 3.42. The van der Waals surface area contributed by atoms with Crippen LogP contribution in [0.2, 0.25) is 0 Å². The third-order valence-electron chi connectivity index (χ3n) is 4.40. The molecule has 0 saturated heterocycles. The normalized spacial score (nSPS) is 28.1. The SMILES string of the molecule is COCCNC(=NCCNS(C)(=O)=O)NC1CC2CCC1C2. The molecule has 2 fully saturated rings. The van der Waals surface area contributed by atoms with E-state index in [1.807, 2.05) is 0 Å². The Morgan fingerprint density at radius 3 is 2.68 bits per heavy atom. The molecule has 3 atom stereocenters. The fraction of sp³-hybridized carbons (Fsp3) is 0.929. The molecule has 7 nitrogen and oxygen atoms in total. The van der Waals surface area contributed by atoms with E-state index in [9.17, 15) is 8.42 Å². The molecule has 2 saturated carbocycles. The molecular formula is C14H28N4O3S. The Hall–Kier alpha value is -0.860. The Bertz CT molecular complexity index is 480. The maximum atomic E-state index is 11.0. The van der Waals surface area contributed by atoms with Crippen LogP contribution < -0.4 is 15.4 Å². The van der Waals surface area contributed by atoms with Crippen molar-refractivity contribution in [2.24, 2.45) is 16.8 Å². The summed E-state index contributed by atoms with van der Waals surface area (Å²) in [4.78, 5) is 4.46. The average Bonchev–Trinajstić information content (AvgIpc) is 3.05. The number of hydrogen-bond acceptors (Lipinski definition) is 4. The summed E-state index contributed by atoms with van der Waals surface area (Å²) >= 11 is 0. The lowest BCUT2D eigenvalue weighted by Gasteiger charge is -2.25. The largest absolute Gasteiger partial charge is 0.383 e. The summed E-state index contributed by atoms with van der Waals surface area (Å²) in [5, 5.41) is 6.75. The van der Waals surface area contributed by atoms with Gasteiger partial charge in [0.15, 0.2) is 5.96 Å². The van der Waals surface area contributed by atoms with Crippen molar-refractivity contribution in [1.82, 2.24) is 15.4 Å². The van der Waals surface area contributed by atoms with Gasteiger partial charge in [0, 0.05) is 26.2 Å². The number of hydrogen-bond donors (Lipinski definition) is 3. The number of fused-ring (bicyclic) bond motifs is 2. The molecule has 0 spiro atoms. The van der Waals surface area contributed by atoms with Crippen LogP contribution in [0.1, 0.15) is 25.7 Å². The average molecular weight is 332 g/mol. The monoisotopic (exact) mass is 332 g/mol. The molecule has 3 N–H and O–H groups in total. The van der Waals surface area contributed by atoms with E-state index in [-0.39, 0.29) is 0 Å². The number of ether oxygens (including phenoxy) is 1.